The molecule has 1 aliphatic carbocycles. The number of ether oxygens (including phenoxy) is 1. The van der Waals surface area contributed by atoms with Crippen molar-refractivity contribution in [2.75, 3.05) is 6.61 Å². The number of carbonyl (C=O) groups is 2. The third-order valence-electron chi connectivity index (χ3n) is 5.65. The summed E-state index contributed by atoms with van der Waals surface area (Å²) in [5, 5.41) is 3.29. The number of benzene rings is 2. The lowest BCUT2D eigenvalue weighted by Crippen LogP contribution is -2.32. The average Bonchev–Trinajstić information content (AvgIpc) is 2.79. The molecule has 31 heavy (non-hydrogen) atoms. The molecule has 0 radical (unpaired) electrons. The zero-order chi connectivity index (χ0) is 21.8. The Morgan fingerprint density at radius 2 is 1.90 bits per heavy atom. The maximum Gasteiger partial charge on any atom is 0.326 e. The summed E-state index contributed by atoms with van der Waals surface area (Å²) in [5.74, 6) is -1.06. The molecule has 0 spiro atoms. The summed E-state index contributed by atoms with van der Waals surface area (Å²) < 4.78 is 6.24. The van der Waals surface area contributed by atoms with E-state index in [0.29, 0.717) is 10.9 Å². The largest absolute Gasteiger partial charge is 0.454 e. The molecule has 0 unspecified atom stereocenters. The van der Waals surface area contributed by atoms with Crippen molar-refractivity contribution in [2.24, 2.45) is 0 Å². The second-order valence-corrected chi connectivity index (χ2v) is 7.88. The third-order valence-corrected chi connectivity index (χ3v) is 5.65. The van der Waals surface area contributed by atoms with E-state index in [4.69, 9.17) is 4.74 Å². The smallest absolute Gasteiger partial charge is 0.326 e. The van der Waals surface area contributed by atoms with Gasteiger partial charge in [0.2, 0.25) is 0 Å². The number of esters is 1. The lowest BCUT2D eigenvalue weighted by molar-refractivity contribution is -0.149. The number of amides is 1. The molecule has 1 aromatic heterocycles. The molecule has 0 aliphatic heterocycles. The first-order chi connectivity index (χ1) is 15.0. The van der Waals surface area contributed by atoms with Crippen LogP contribution in [0.4, 0.5) is 0 Å². The highest BCUT2D eigenvalue weighted by atomic mass is 16.5. The molecule has 0 saturated heterocycles. The van der Waals surface area contributed by atoms with Crippen LogP contribution >= 0.6 is 0 Å². The lowest BCUT2D eigenvalue weighted by Gasteiger charge is -2.20. The van der Waals surface area contributed by atoms with Crippen LogP contribution < -0.4 is 10.9 Å². The standard InChI is InChI=1S/C24H25N3O4/c1-16(18-11-10-17-6-2-3-7-19(17)12-18)26-22(28)14-31-23(29)13-27-15-25-21-9-5-4-8-20(21)24(27)30/h4-5,8-12,15-16H,2-3,6-7,13-14H2,1H3,(H,26,28)/t16-/m1/s1. The number of aromatic nitrogens is 2. The monoisotopic (exact) mass is 419 g/mol. The average molecular weight is 419 g/mol. The molecule has 3 aromatic rings. The fourth-order valence-corrected chi connectivity index (χ4v) is 3.94. The third kappa shape index (κ3) is 4.82. The second kappa shape index (κ2) is 9.12. The van der Waals surface area contributed by atoms with Crippen molar-refractivity contribution < 1.29 is 14.3 Å². The van der Waals surface area contributed by atoms with Gasteiger partial charge in [-0.05, 0) is 61.4 Å². The molecule has 1 N–H and O–H groups in total. The highest BCUT2D eigenvalue weighted by Crippen LogP contribution is 2.24. The number of nitrogens with zero attached hydrogens (tertiary/aromatic N) is 2. The van der Waals surface area contributed by atoms with E-state index in [1.165, 1.54) is 34.9 Å². The molecule has 1 heterocycles. The Bertz CT molecular complexity index is 1180. The molecule has 1 atom stereocenters. The van der Waals surface area contributed by atoms with Gasteiger partial charge in [-0.15, -0.1) is 0 Å². The Morgan fingerprint density at radius 1 is 1.13 bits per heavy atom. The van der Waals surface area contributed by atoms with E-state index in [1.54, 1.807) is 24.3 Å². The number of nitrogens with one attached hydrogen (secondary N) is 1. The Hall–Kier alpha value is -3.48. The van der Waals surface area contributed by atoms with Gasteiger partial charge in [0.15, 0.2) is 6.61 Å². The van der Waals surface area contributed by atoms with Crippen molar-refractivity contribution in [1.82, 2.24) is 14.9 Å². The summed E-state index contributed by atoms with van der Waals surface area (Å²) in [6.07, 6.45) is 5.92. The minimum absolute atomic E-state index is 0.189. The number of para-hydroxylation sites is 1. The SMILES string of the molecule is C[C@@H](NC(=O)COC(=O)Cn1cnc2ccccc2c1=O)c1ccc2c(c1)CCCC2. The summed E-state index contributed by atoms with van der Waals surface area (Å²) in [6, 6.07) is 13.1. The quantitative estimate of drug-likeness (QED) is 0.621. The predicted octanol–water partition coefficient (Wildman–Crippen LogP) is 2.70. The predicted molar refractivity (Wildman–Crippen MR) is 117 cm³/mol. The summed E-state index contributed by atoms with van der Waals surface area (Å²) in [4.78, 5) is 41.0. The van der Waals surface area contributed by atoms with Crippen LogP contribution in [0.3, 0.4) is 0 Å². The zero-order valence-electron chi connectivity index (χ0n) is 17.5. The molecule has 1 amide bonds. The number of hydrogen-bond donors (Lipinski definition) is 1. The van der Waals surface area contributed by atoms with Crippen molar-refractivity contribution >= 4 is 22.8 Å². The van der Waals surface area contributed by atoms with Crippen molar-refractivity contribution in [1.29, 1.82) is 0 Å². The molecule has 0 bridgehead atoms. The lowest BCUT2D eigenvalue weighted by atomic mass is 9.89. The van der Waals surface area contributed by atoms with Gasteiger partial charge >= 0.3 is 5.97 Å². The first kappa shape index (κ1) is 20.8. The van der Waals surface area contributed by atoms with Gasteiger partial charge in [0.05, 0.1) is 23.3 Å². The van der Waals surface area contributed by atoms with E-state index in [1.807, 2.05) is 13.0 Å². The maximum atomic E-state index is 12.4. The maximum absolute atomic E-state index is 12.4. The van der Waals surface area contributed by atoms with E-state index in [9.17, 15) is 14.4 Å². The topological polar surface area (TPSA) is 90.3 Å². The Morgan fingerprint density at radius 3 is 2.74 bits per heavy atom. The molecule has 0 saturated carbocycles. The van der Waals surface area contributed by atoms with Crippen molar-refractivity contribution in [3.05, 3.63) is 75.8 Å². The first-order valence-electron chi connectivity index (χ1n) is 10.5. The fraction of sp³-hybridized carbons (Fsp3) is 0.333. The normalized spacial score (nSPS) is 14.0. The minimum atomic E-state index is -0.671. The summed E-state index contributed by atoms with van der Waals surface area (Å²) in [5.41, 5.74) is 4.02. The molecule has 7 heteroatoms. The van der Waals surface area contributed by atoms with Crippen molar-refractivity contribution in [2.45, 2.75) is 45.2 Å². The number of hydrogen-bond acceptors (Lipinski definition) is 5. The number of carbonyl (C=O) groups excluding carboxylic acids is 2. The van der Waals surface area contributed by atoms with Crippen LogP contribution in [0.2, 0.25) is 0 Å². The summed E-state index contributed by atoms with van der Waals surface area (Å²) in [7, 11) is 0. The number of rotatable bonds is 6. The van der Waals surface area contributed by atoms with Crippen LogP contribution in [0.1, 0.15) is 42.5 Å². The van der Waals surface area contributed by atoms with Crippen LogP contribution in [0.5, 0.6) is 0 Å². The van der Waals surface area contributed by atoms with Crippen LogP contribution in [0.15, 0.2) is 53.6 Å². The Labute approximate surface area is 180 Å². The van der Waals surface area contributed by atoms with Crippen molar-refractivity contribution in [3.8, 4) is 0 Å². The summed E-state index contributed by atoms with van der Waals surface area (Å²) in [6.45, 7) is 1.21. The molecule has 0 fully saturated rings. The van der Waals surface area contributed by atoms with Crippen LogP contribution in [0.25, 0.3) is 10.9 Å². The van der Waals surface area contributed by atoms with Gasteiger partial charge in [-0.1, -0.05) is 30.3 Å². The van der Waals surface area contributed by atoms with Gasteiger partial charge in [-0.25, -0.2) is 4.98 Å². The van der Waals surface area contributed by atoms with E-state index in [0.717, 1.165) is 18.4 Å². The second-order valence-electron chi connectivity index (χ2n) is 7.88. The van der Waals surface area contributed by atoms with Gasteiger partial charge in [-0.2, -0.15) is 0 Å². The number of aryl methyl sites for hydroxylation is 2. The van der Waals surface area contributed by atoms with Crippen molar-refractivity contribution in [3.63, 3.8) is 0 Å². The van der Waals surface area contributed by atoms with Gasteiger partial charge in [0.1, 0.15) is 6.54 Å². The van der Waals surface area contributed by atoms with E-state index >= 15 is 0 Å². The minimum Gasteiger partial charge on any atom is -0.454 e. The van der Waals surface area contributed by atoms with Crippen LogP contribution in [-0.4, -0.2) is 28.0 Å². The fourth-order valence-electron chi connectivity index (χ4n) is 3.94. The Kier molecular flexibility index (Phi) is 6.11. The molecular formula is C24H25N3O4. The van der Waals surface area contributed by atoms with Crippen LogP contribution in [-0.2, 0) is 33.7 Å². The van der Waals surface area contributed by atoms with Crippen LogP contribution in [0, 0.1) is 0 Å². The van der Waals surface area contributed by atoms with Gasteiger partial charge in [-0.3, -0.25) is 19.0 Å². The van der Waals surface area contributed by atoms with E-state index < -0.39 is 12.6 Å². The van der Waals surface area contributed by atoms with E-state index in [-0.39, 0.29) is 24.1 Å². The zero-order valence-corrected chi connectivity index (χ0v) is 17.5. The molecular weight excluding hydrogens is 394 g/mol. The summed E-state index contributed by atoms with van der Waals surface area (Å²) >= 11 is 0. The number of fused-ring (bicyclic) bond motifs is 2. The molecule has 1 aliphatic rings. The first-order valence-corrected chi connectivity index (χ1v) is 10.5. The molecule has 160 valence electrons. The van der Waals surface area contributed by atoms with Gasteiger partial charge in [0, 0.05) is 0 Å². The Balaban J connectivity index is 1.31. The molecule has 2 aromatic carbocycles. The van der Waals surface area contributed by atoms with E-state index in [2.05, 4.69) is 22.4 Å². The highest BCUT2D eigenvalue weighted by molar-refractivity contribution is 5.81. The molecule has 7 nitrogen and oxygen atoms in total. The highest BCUT2D eigenvalue weighted by Gasteiger charge is 2.16. The molecule has 4 rings (SSSR count). The van der Waals surface area contributed by atoms with Gasteiger partial charge in [0.25, 0.3) is 11.5 Å². The van der Waals surface area contributed by atoms with Gasteiger partial charge < -0.3 is 10.1 Å².